The van der Waals surface area contributed by atoms with Crippen molar-refractivity contribution >= 4 is 5.78 Å². The van der Waals surface area contributed by atoms with Gasteiger partial charge in [0.05, 0.1) is 0 Å². The second-order valence-corrected chi connectivity index (χ2v) is 4.92. The zero-order valence-electron chi connectivity index (χ0n) is 7.61. The Morgan fingerprint density at radius 1 is 1.36 bits per heavy atom. The standard InChI is InChI=1S/C10H16O/c1-9(2)7-4-5-10(9,3)8(11)6-7/h7H,4-6H2,1-3H3/t7?,10-/m0/s1. The van der Waals surface area contributed by atoms with Gasteiger partial charge in [0.2, 0.25) is 0 Å². The van der Waals surface area contributed by atoms with E-state index in [1.807, 2.05) is 0 Å². The summed E-state index contributed by atoms with van der Waals surface area (Å²) in [6.45, 7) is 6.67. The van der Waals surface area contributed by atoms with E-state index in [1.54, 1.807) is 0 Å². The van der Waals surface area contributed by atoms with E-state index in [-0.39, 0.29) is 10.8 Å². The Balaban J connectivity index is 2.47. The van der Waals surface area contributed by atoms with Gasteiger partial charge in [0.25, 0.3) is 0 Å². The number of hydrogen-bond acceptors (Lipinski definition) is 1. The highest BCUT2D eigenvalue weighted by atomic mass is 16.1. The van der Waals surface area contributed by atoms with Crippen LogP contribution in [0.3, 0.4) is 0 Å². The molecule has 0 aromatic carbocycles. The molecule has 0 spiro atoms. The highest BCUT2D eigenvalue weighted by molar-refractivity contribution is 5.89. The lowest BCUT2D eigenvalue weighted by Crippen LogP contribution is -2.32. The van der Waals surface area contributed by atoms with E-state index < -0.39 is 0 Å². The van der Waals surface area contributed by atoms with Crippen LogP contribution in [-0.4, -0.2) is 5.78 Å². The normalized spacial score (nSPS) is 46.8. The van der Waals surface area contributed by atoms with Crippen molar-refractivity contribution < 1.29 is 4.79 Å². The van der Waals surface area contributed by atoms with E-state index in [4.69, 9.17) is 0 Å². The molecular formula is C10H16O. The van der Waals surface area contributed by atoms with Crippen LogP contribution in [0.2, 0.25) is 0 Å². The zero-order chi connectivity index (χ0) is 8.28. The molecule has 2 bridgehead atoms. The Kier molecular flexibility index (Phi) is 1.13. The minimum Gasteiger partial charge on any atom is -0.299 e. The SMILES string of the molecule is CC1(C)C2CC[C@@]1(C)C(=O)C2. The van der Waals surface area contributed by atoms with Crippen molar-refractivity contribution in [2.24, 2.45) is 16.7 Å². The molecule has 2 aliphatic carbocycles. The highest BCUT2D eigenvalue weighted by Gasteiger charge is 2.61. The molecule has 0 radical (unpaired) electrons. The fraction of sp³-hybridized carbons (Fsp3) is 0.900. The maximum Gasteiger partial charge on any atom is 0.139 e. The Morgan fingerprint density at radius 3 is 2.18 bits per heavy atom. The fourth-order valence-corrected chi connectivity index (χ4v) is 2.90. The first-order valence-corrected chi connectivity index (χ1v) is 4.52. The van der Waals surface area contributed by atoms with E-state index in [2.05, 4.69) is 20.8 Å². The number of rotatable bonds is 0. The summed E-state index contributed by atoms with van der Waals surface area (Å²) in [6, 6.07) is 0. The predicted octanol–water partition coefficient (Wildman–Crippen LogP) is 2.40. The minimum atomic E-state index is 0.0255. The summed E-state index contributed by atoms with van der Waals surface area (Å²) in [4.78, 5) is 11.6. The molecule has 0 aliphatic heterocycles. The maximum absolute atomic E-state index is 11.6. The van der Waals surface area contributed by atoms with Crippen LogP contribution in [0.25, 0.3) is 0 Å². The molecule has 2 atom stereocenters. The molecule has 0 N–H and O–H groups in total. The van der Waals surface area contributed by atoms with Gasteiger partial charge in [-0.25, -0.2) is 0 Å². The molecule has 0 heterocycles. The maximum atomic E-state index is 11.6. The Bertz CT molecular complexity index is 217. The van der Waals surface area contributed by atoms with Crippen LogP contribution in [0.1, 0.15) is 40.0 Å². The topological polar surface area (TPSA) is 17.1 Å². The van der Waals surface area contributed by atoms with Crippen molar-refractivity contribution in [2.45, 2.75) is 40.0 Å². The first-order chi connectivity index (χ1) is 4.98. The molecule has 2 saturated carbocycles. The van der Waals surface area contributed by atoms with E-state index in [0.717, 1.165) is 12.8 Å². The smallest absolute Gasteiger partial charge is 0.139 e. The van der Waals surface area contributed by atoms with Gasteiger partial charge in [-0.15, -0.1) is 0 Å². The molecule has 0 saturated heterocycles. The number of carbonyl (C=O) groups is 1. The first kappa shape index (κ1) is 7.33. The van der Waals surface area contributed by atoms with E-state index >= 15 is 0 Å². The van der Waals surface area contributed by atoms with Gasteiger partial charge >= 0.3 is 0 Å². The molecule has 62 valence electrons. The third kappa shape index (κ3) is 0.605. The average molecular weight is 152 g/mol. The van der Waals surface area contributed by atoms with Crippen molar-refractivity contribution in [3.63, 3.8) is 0 Å². The Morgan fingerprint density at radius 2 is 2.00 bits per heavy atom. The number of ketones is 1. The Hall–Kier alpha value is -0.330. The van der Waals surface area contributed by atoms with Crippen LogP contribution in [0.15, 0.2) is 0 Å². The zero-order valence-corrected chi connectivity index (χ0v) is 7.61. The van der Waals surface area contributed by atoms with Gasteiger partial charge in [-0.2, -0.15) is 0 Å². The van der Waals surface area contributed by atoms with Gasteiger partial charge in [-0.1, -0.05) is 20.8 Å². The molecule has 1 heteroatoms. The van der Waals surface area contributed by atoms with Crippen LogP contribution >= 0.6 is 0 Å². The van der Waals surface area contributed by atoms with Gasteiger partial charge in [-0.3, -0.25) is 4.79 Å². The summed E-state index contributed by atoms with van der Waals surface area (Å²) in [7, 11) is 0. The lowest BCUT2D eigenvalue weighted by Gasteiger charge is -2.32. The lowest BCUT2D eigenvalue weighted by atomic mass is 9.70. The van der Waals surface area contributed by atoms with Crippen molar-refractivity contribution in [1.82, 2.24) is 0 Å². The minimum absolute atomic E-state index is 0.0255. The summed E-state index contributed by atoms with van der Waals surface area (Å²) in [5, 5.41) is 0. The molecule has 2 aliphatic rings. The molecule has 2 fully saturated rings. The van der Waals surface area contributed by atoms with E-state index in [1.165, 1.54) is 6.42 Å². The summed E-state index contributed by atoms with van der Waals surface area (Å²) < 4.78 is 0. The van der Waals surface area contributed by atoms with Crippen molar-refractivity contribution in [3.05, 3.63) is 0 Å². The Labute approximate surface area is 68.2 Å². The van der Waals surface area contributed by atoms with E-state index in [9.17, 15) is 4.79 Å². The molecule has 0 amide bonds. The molecular weight excluding hydrogens is 136 g/mol. The van der Waals surface area contributed by atoms with Gasteiger partial charge < -0.3 is 0 Å². The number of Topliss-reactive ketones (excluding diaryl/α,β-unsaturated/α-hetero) is 1. The number of carbonyl (C=O) groups excluding carboxylic acids is 1. The van der Waals surface area contributed by atoms with Crippen molar-refractivity contribution in [2.75, 3.05) is 0 Å². The highest BCUT2D eigenvalue weighted by Crippen LogP contribution is 2.63. The number of fused-ring (bicyclic) bond motifs is 2. The van der Waals surface area contributed by atoms with Gasteiger partial charge in [-0.05, 0) is 24.2 Å². The summed E-state index contributed by atoms with van der Waals surface area (Å²) in [5.74, 6) is 1.19. The predicted molar refractivity (Wildman–Crippen MR) is 44.2 cm³/mol. The molecule has 2 rings (SSSR count). The van der Waals surface area contributed by atoms with Crippen molar-refractivity contribution in [1.29, 1.82) is 0 Å². The van der Waals surface area contributed by atoms with Crippen LogP contribution in [0, 0.1) is 16.7 Å². The van der Waals surface area contributed by atoms with Crippen LogP contribution < -0.4 is 0 Å². The molecule has 0 aromatic heterocycles. The molecule has 0 aromatic rings. The molecule has 11 heavy (non-hydrogen) atoms. The molecule has 1 nitrogen and oxygen atoms in total. The largest absolute Gasteiger partial charge is 0.299 e. The number of hydrogen-bond donors (Lipinski definition) is 0. The quantitative estimate of drug-likeness (QED) is 0.521. The van der Waals surface area contributed by atoms with Crippen molar-refractivity contribution in [3.8, 4) is 0 Å². The monoisotopic (exact) mass is 152 g/mol. The second kappa shape index (κ2) is 1.70. The van der Waals surface area contributed by atoms with Gasteiger partial charge in [0, 0.05) is 11.8 Å². The molecule has 1 unspecified atom stereocenters. The average Bonchev–Trinajstić information content (AvgIpc) is 2.20. The van der Waals surface area contributed by atoms with E-state index in [0.29, 0.717) is 11.7 Å². The lowest BCUT2D eigenvalue weighted by molar-refractivity contribution is -0.128. The van der Waals surface area contributed by atoms with Crippen LogP contribution in [0.5, 0.6) is 0 Å². The third-order valence-electron chi connectivity index (χ3n) is 4.48. The summed E-state index contributed by atoms with van der Waals surface area (Å²) in [5.41, 5.74) is 0.307. The van der Waals surface area contributed by atoms with Gasteiger partial charge in [0.1, 0.15) is 5.78 Å². The second-order valence-electron chi connectivity index (χ2n) is 4.92. The van der Waals surface area contributed by atoms with Crippen LogP contribution in [-0.2, 0) is 4.79 Å². The van der Waals surface area contributed by atoms with Crippen LogP contribution in [0.4, 0.5) is 0 Å². The first-order valence-electron chi connectivity index (χ1n) is 4.52. The fourth-order valence-electron chi connectivity index (χ4n) is 2.90. The summed E-state index contributed by atoms with van der Waals surface area (Å²) in [6.07, 6.45) is 3.25. The summed E-state index contributed by atoms with van der Waals surface area (Å²) >= 11 is 0. The van der Waals surface area contributed by atoms with Gasteiger partial charge in [0.15, 0.2) is 0 Å². The third-order valence-corrected chi connectivity index (χ3v) is 4.48.